The predicted molar refractivity (Wildman–Crippen MR) is 65.6 cm³/mol. The number of rotatable bonds is 6. The van der Waals surface area contributed by atoms with Crippen LogP contribution in [0.4, 0.5) is 0 Å². The van der Waals surface area contributed by atoms with Crippen LogP contribution in [0.5, 0.6) is 5.75 Å². The SMILES string of the molecule is COCc1cccc(OCC(C)CBr)c1. The minimum atomic E-state index is 0.524. The lowest BCUT2D eigenvalue weighted by molar-refractivity contribution is 0.184. The van der Waals surface area contributed by atoms with Gasteiger partial charge in [-0.15, -0.1) is 0 Å². The van der Waals surface area contributed by atoms with E-state index in [0.717, 1.165) is 23.2 Å². The molecule has 0 heterocycles. The smallest absolute Gasteiger partial charge is 0.119 e. The zero-order valence-electron chi connectivity index (χ0n) is 9.20. The summed E-state index contributed by atoms with van der Waals surface area (Å²) in [5.41, 5.74) is 1.14. The third-order valence-electron chi connectivity index (χ3n) is 2.01. The van der Waals surface area contributed by atoms with Crippen LogP contribution in [-0.4, -0.2) is 19.0 Å². The van der Waals surface area contributed by atoms with Gasteiger partial charge in [-0.2, -0.15) is 0 Å². The maximum Gasteiger partial charge on any atom is 0.119 e. The van der Waals surface area contributed by atoms with E-state index in [1.165, 1.54) is 0 Å². The van der Waals surface area contributed by atoms with Crippen LogP contribution in [0, 0.1) is 5.92 Å². The van der Waals surface area contributed by atoms with Gasteiger partial charge in [-0.25, -0.2) is 0 Å². The second kappa shape index (κ2) is 6.85. The number of methoxy groups -OCH3 is 1. The van der Waals surface area contributed by atoms with Gasteiger partial charge in [0.25, 0.3) is 0 Å². The summed E-state index contributed by atoms with van der Waals surface area (Å²) < 4.78 is 10.7. The van der Waals surface area contributed by atoms with Crippen molar-refractivity contribution in [2.75, 3.05) is 19.0 Å². The van der Waals surface area contributed by atoms with Crippen molar-refractivity contribution in [2.24, 2.45) is 5.92 Å². The summed E-state index contributed by atoms with van der Waals surface area (Å²) in [4.78, 5) is 0. The van der Waals surface area contributed by atoms with Gasteiger partial charge in [0.1, 0.15) is 5.75 Å². The first-order valence-electron chi connectivity index (χ1n) is 5.03. The van der Waals surface area contributed by atoms with Crippen molar-refractivity contribution in [2.45, 2.75) is 13.5 Å². The van der Waals surface area contributed by atoms with Gasteiger partial charge in [0.05, 0.1) is 13.2 Å². The van der Waals surface area contributed by atoms with Crippen LogP contribution in [0.2, 0.25) is 0 Å². The highest BCUT2D eigenvalue weighted by Crippen LogP contribution is 2.15. The Morgan fingerprint density at radius 2 is 2.20 bits per heavy atom. The van der Waals surface area contributed by atoms with E-state index >= 15 is 0 Å². The molecular weight excluding hydrogens is 256 g/mol. The third kappa shape index (κ3) is 4.67. The van der Waals surface area contributed by atoms with Crippen molar-refractivity contribution < 1.29 is 9.47 Å². The van der Waals surface area contributed by atoms with Crippen LogP contribution in [0.25, 0.3) is 0 Å². The molecule has 1 unspecified atom stereocenters. The third-order valence-corrected chi connectivity index (χ3v) is 3.11. The maximum atomic E-state index is 5.66. The van der Waals surface area contributed by atoms with Crippen molar-refractivity contribution in [1.29, 1.82) is 0 Å². The first-order valence-corrected chi connectivity index (χ1v) is 6.15. The van der Waals surface area contributed by atoms with Gasteiger partial charge in [0.15, 0.2) is 0 Å². The average molecular weight is 273 g/mol. The number of ether oxygens (including phenoxy) is 2. The maximum absolute atomic E-state index is 5.66. The summed E-state index contributed by atoms with van der Waals surface area (Å²) in [6, 6.07) is 8.01. The quantitative estimate of drug-likeness (QED) is 0.741. The molecule has 0 aliphatic rings. The molecule has 1 rings (SSSR count). The molecular formula is C12H17BrO2. The van der Waals surface area contributed by atoms with Gasteiger partial charge < -0.3 is 9.47 Å². The largest absolute Gasteiger partial charge is 0.493 e. The van der Waals surface area contributed by atoms with Gasteiger partial charge in [0.2, 0.25) is 0 Å². The molecule has 1 aromatic rings. The molecule has 0 aliphatic carbocycles. The number of benzene rings is 1. The van der Waals surface area contributed by atoms with Crippen LogP contribution < -0.4 is 4.74 Å². The Kier molecular flexibility index (Phi) is 5.73. The van der Waals surface area contributed by atoms with Crippen molar-refractivity contribution in [3.8, 4) is 5.75 Å². The molecule has 0 fully saturated rings. The van der Waals surface area contributed by atoms with E-state index in [2.05, 4.69) is 22.9 Å². The molecule has 3 heteroatoms. The monoisotopic (exact) mass is 272 g/mol. The Morgan fingerprint density at radius 3 is 2.87 bits per heavy atom. The molecule has 15 heavy (non-hydrogen) atoms. The molecule has 0 bridgehead atoms. The summed E-state index contributed by atoms with van der Waals surface area (Å²) in [5.74, 6) is 1.44. The molecule has 1 atom stereocenters. The first kappa shape index (κ1) is 12.5. The highest BCUT2D eigenvalue weighted by atomic mass is 79.9. The molecule has 0 aliphatic heterocycles. The van der Waals surface area contributed by atoms with E-state index in [4.69, 9.17) is 9.47 Å². The fraction of sp³-hybridized carbons (Fsp3) is 0.500. The normalized spacial score (nSPS) is 12.5. The van der Waals surface area contributed by atoms with E-state index in [1.54, 1.807) is 7.11 Å². The lowest BCUT2D eigenvalue weighted by Crippen LogP contribution is -2.09. The van der Waals surface area contributed by atoms with Crippen LogP contribution in [0.1, 0.15) is 12.5 Å². The van der Waals surface area contributed by atoms with Gasteiger partial charge in [-0.05, 0) is 23.6 Å². The predicted octanol–water partition coefficient (Wildman–Crippen LogP) is 3.24. The van der Waals surface area contributed by atoms with Gasteiger partial charge >= 0.3 is 0 Å². The number of hydrogen-bond acceptors (Lipinski definition) is 2. The highest BCUT2D eigenvalue weighted by Gasteiger charge is 2.01. The molecule has 1 aromatic carbocycles. The molecule has 0 N–H and O–H groups in total. The minimum Gasteiger partial charge on any atom is -0.493 e. The first-order chi connectivity index (χ1) is 7.26. The van der Waals surface area contributed by atoms with E-state index in [9.17, 15) is 0 Å². The zero-order valence-corrected chi connectivity index (χ0v) is 10.8. The second-order valence-electron chi connectivity index (χ2n) is 3.65. The van der Waals surface area contributed by atoms with Gasteiger partial charge in [0, 0.05) is 12.4 Å². The summed E-state index contributed by atoms with van der Waals surface area (Å²) in [6.45, 7) is 3.51. The highest BCUT2D eigenvalue weighted by molar-refractivity contribution is 9.09. The van der Waals surface area contributed by atoms with Crippen LogP contribution >= 0.6 is 15.9 Å². The van der Waals surface area contributed by atoms with E-state index < -0.39 is 0 Å². The summed E-state index contributed by atoms with van der Waals surface area (Å²) in [7, 11) is 1.69. The number of hydrogen-bond donors (Lipinski definition) is 0. The van der Waals surface area contributed by atoms with Gasteiger partial charge in [-0.3, -0.25) is 0 Å². The fourth-order valence-electron chi connectivity index (χ4n) is 1.17. The van der Waals surface area contributed by atoms with Crippen LogP contribution in [0.15, 0.2) is 24.3 Å². The lowest BCUT2D eigenvalue weighted by atomic mass is 10.2. The molecule has 0 aromatic heterocycles. The second-order valence-corrected chi connectivity index (χ2v) is 4.30. The summed E-state index contributed by atoms with van der Waals surface area (Å²) in [6.07, 6.45) is 0. The summed E-state index contributed by atoms with van der Waals surface area (Å²) >= 11 is 3.43. The molecule has 0 radical (unpaired) electrons. The Morgan fingerprint density at radius 1 is 1.40 bits per heavy atom. The van der Waals surface area contributed by atoms with E-state index in [1.807, 2.05) is 24.3 Å². The van der Waals surface area contributed by atoms with Crippen molar-refractivity contribution in [1.82, 2.24) is 0 Å². The lowest BCUT2D eigenvalue weighted by Gasteiger charge is -2.11. The van der Waals surface area contributed by atoms with Crippen LogP contribution in [0.3, 0.4) is 0 Å². The standard InChI is InChI=1S/C12H17BrO2/c1-10(7-13)8-15-12-5-3-4-11(6-12)9-14-2/h3-6,10H,7-9H2,1-2H3. The van der Waals surface area contributed by atoms with Crippen molar-refractivity contribution in [3.63, 3.8) is 0 Å². The Balaban J connectivity index is 2.50. The number of alkyl halides is 1. The molecule has 2 nitrogen and oxygen atoms in total. The van der Waals surface area contributed by atoms with Crippen molar-refractivity contribution in [3.05, 3.63) is 29.8 Å². The van der Waals surface area contributed by atoms with E-state index in [0.29, 0.717) is 12.5 Å². The molecule has 0 saturated carbocycles. The van der Waals surface area contributed by atoms with Crippen molar-refractivity contribution >= 4 is 15.9 Å². The fourth-order valence-corrected chi connectivity index (χ4v) is 1.36. The summed E-state index contributed by atoms with van der Waals surface area (Å²) in [5, 5.41) is 0.963. The Labute approximate surface area is 99.7 Å². The molecule has 84 valence electrons. The Bertz CT molecular complexity index is 289. The Hall–Kier alpha value is -0.540. The molecule has 0 spiro atoms. The average Bonchev–Trinajstić information content (AvgIpc) is 2.27. The minimum absolute atomic E-state index is 0.524. The molecule has 0 amide bonds. The topological polar surface area (TPSA) is 18.5 Å². The number of halogens is 1. The zero-order chi connectivity index (χ0) is 11.1. The van der Waals surface area contributed by atoms with Gasteiger partial charge in [-0.1, -0.05) is 35.0 Å². The van der Waals surface area contributed by atoms with E-state index in [-0.39, 0.29) is 0 Å². The molecule has 0 saturated heterocycles. The van der Waals surface area contributed by atoms with Crippen LogP contribution in [-0.2, 0) is 11.3 Å².